The van der Waals surface area contributed by atoms with Gasteiger partial charge in [0.15, 0.2) is 0 Å². The van der Waals surface area contributed by atoms with Gasteiger partial charge in [0.1, 0.15) is 0 Å². The van der Waals surface area contributed by atoms with E-state index in [0.29, 0.717) is 0 Å². The summed E-state index contributed by atoms with van der Waals surface area (Å²) in [5, 5.41) is 10.3. The lowest BCUT2D eigenvalue weighted by Crippen LogP contribution is -2.60. The number of methoxy groups -OCH3 is 1. The van der Waals surface area contributed by atoms with Crippen molar-refractivity contribution in [3.63, 3.8) is 0 Å². The fourth-order valence-corrected chi connectivity index (χ4v) is 6.68. The lowest BCUT2D eigenvalue weighted by molar-refractivity contribution is -0.196. The van der Waals surface area contributed by atoms with Gasteiger partial charge in [-0.25, -0.2) is 0 Å². The minimum atomic E-state index is -0.512. The van der Waals surface area contributed by atoms with Gasteiger partial charge in [-0.1, -0.05) is 13.3 Å². The summed E-state index contributed by atoms with van der Waals surface area (Å²) >= 11 is 0. The van der Waals surface area contributed by atoms with E-state index in [1.165, 1.54) is 7.11 Å². The van der Waals surface area contributed by atoms with Crippen LogP contribution in [-0.4, -0.2) is 30.4 Å². The van der Waals surface area contributed by atoms with Crippen molar-refractivity contribution in [3.8, 4) is 0 Å². The topological polar surface area (TPSA) is 68.9 Å². The molecule has 1 aliphatic heterocycles. The second-order valence-corrected chi connectivity index (χ2v) is 9.03. The number of aliphatic hydroxyl groups excluding tert-OH is 1. The van der Waals surface area contributed by atoms with Gasteiger partial charge in [0, 0.05) is 5.56 Å². The van der Waals surface area contributed by atoms with Crippen molar-refractivity contribution in [1.82, 2.24) is 0 Å². The molecule has 3 aliphatic rings. The van der Waals surface area contributed by atoms with Gasteiger partial charge < -0.3 is 19.0 Å². The Morgan fingerprint density at radius 1 is 1.31 bits per heavy atom. The standard InChI is InChI=1S/C21H30O5/c1-19-7-4-8-20(2,18(23)24-3)16(19)5-9-21(13-22)17(19)11-15(26-21)14-6-10-25-12-14/h6,10,12,15-17,22H,4-5,7-9,11,13H2,1-3H3/t15-,16+,17+,19+,20+,21+/m1/s1. The van der Waals surface area contributed by atoms with Crippen LogP contribution in [0.25, 0.3) is 0 Å². The smallest absolute Gasteiger partial charge is 0.311 e. The van der Waals surface area contributed by atoms with Crippen molar-refractivity contribution in [2.45, 2.75) is 64.1 Å². The monoisotopic (exact) mass is 362 g/mol. The molecule has 3 fully saturated rings. The zero-order valence-electron chi connectivity index (χ0n) is 16.0. The lowest BCUT2D eigenvalue weighted by atomic mass is 9.45. The molecule has 2 aliphatic carbocycles. The average molecular weight is 362 g/mol. The van der Waals surface area contributed by atoms with Crippen LogP contribution in [0, 0.1) is 22.7 Å². The Hall–Kier alpha value is -1.33. The number of furan rings is 1. The first kappa shape index (κ1) is 18.1. The Labute approximate surface area is 155 Å². The van der Waals surface area contributed by atoms with Crippen molar-refractivity contribution in [2.75, 3.05) is 13.7 Å². The maximum absolute atomic E-state index is 12.7. The molecule has 5 nitrogen and oxygen atoms in total. The number of carbonyl (C=O) groups excluding carboxylic acids is 1. The van der Waals surface area contributed by atoms with Gasteiger partial charge in [-0.2, -0.15) is 0 Å². The molecule has 1 aromatic heterocycles. The van der Waals surface area contributed by atoms with E-state index in [0.717, 1.165) is 44.1 Å². The van der Waals surface area contributed by atoms with Gasteiger partial charge in [0.25, 0.3) is 0 Å². The number of aliphatic hydroxyl groups is 1. The third-order valence-electron chi connectivity index (χ3n) is 7.93. The first-order valence-electron chi connectivity index (χ1n) is 9.79. The predicted molar refractivity (Wildman–Crippen MR) is 95.3 cm³/mol. The fourth-order valence-electron chi connectivity index (χ4n) is 6.68. The van der Waals surface area contributed by atoms with Crippen LogP contribution in [0.2, 0.25) is 0 Å². The Morgan fingerprint density at radius 3 is 2.77 bits per heavy atom. The highest BCUT2D eigenvalue weighted by atomic mass is 16.5. The summed E-state index contributed by atoms with van der Waals surface area (Å²) in [5.41, 5.74) is 0.0400. The summed E-state index contributed by atoms with van der Waals surface area (Å²) in [6, 6.07) is 1.95. The van der Waals surface area contributed by atoms with Crippen LogP contribution in [-0.2, 0) is 14.3 Å². The first-order chi connectivity index (χ1) is 12.4. The molecule has 26 heavy (non-hydrogen) atoms. The maximum atomic E-state index is 12.7. The summed E-state index contributed by atoms with van der Waals surface area (Å²) in [6.07, 6.45) is 8.86. The van der Waals surface area contributed by atoms with Gasteiger partial charge in [0.05, 0.1) is 43.4 Å². The summed E-state index contributed by atoms with van der Waals surface area (Å²) in [7, 11) is 1.49. The predicted octanol–water partition coefficient (Wildman–Crippen LogP) is 3.87. The molecule has 0 radical (unpaired) electrons. The third-order valence-corrected chi connectivity index (χ3v) is 7.93. The van der Waals surface area contributed by atoms with E-state index in [2.05, 4.69) is 13.8 Å². The van der Waals surface area contributed by atoms with Crippen LogP contribution < -0.4 is 0 Å². The Bertz CT molecular complexity index is 670. The Morgan fingerprint density at radius 2 is 2.12 bits per heavy atom. The summed E-state index contributed by atoms with van der Waals surface area (Å²) in [5.74, 6) is 0.394. The van der Waals surface area contributed by atoms with Gasteiger partial charge in [-0.05, 0) is 62.3 Å². The van der Waals surface area contributed by atoms with Crippen molar-refractivity contribution in [2.24, 2.45) is 22.7 Å². The fraction of sp³-hybridized carbons (Fsp3) is 0.762. The third kappa shape index (κ3) is 2.32. The summed E-state index contributed by atoms with van der Waals surface area (Å²) < 4.78 is 16.9. The van der Waals surface area contributed by atoms with Crippen LogP contribution in [0.4, 0.5) is 0 Å². The minimum Gasteiger partial charge on any atom is -0.472 e. The van der Waals surface area contributed by atoms with Crippen LogP contribution in [0.3, 0.4) is 0 Å². The number of hydrogen-bond donors (Lipinski definition) is 1. The van der Waals surface area contributed by atoms with Crippen molar-refractivity contribution in [1.29, 1.82) is 0 Å². The molecule has 1 aromatic rings. The Balaban J connectivity index is 1.71. The zero-order valence-corrected chi connectivity index (χ0v) is 16.0. The molecule has 2 saturated carbocycles. The maximum Gasteiger partial charge on any atom is 0.311 e. The van der Waals surface area contributed by atoms with Crippen molar-refractivity contribution >= 4 is 5.97 Å². The van der Waals surface area contributed by atoms with E-state index in [-0.39, 0.29) is 35.9 Å². The molecule has 5 heteroatoms. The molecule has 6 atom stereocenters. The Kier molecular flexibility index (Phi) is 4.23. The zero-order chi connectivity index (χ0) is 18.6. The molecule has 2 heterocycles. The summed E-state index contributed by atoms with van der Waals surface area (Å²) in [4.78, 5) is 12.7. The van der Waals surface area contributed by atoms with E-state index >= 15 is 0 Å². The number of esters is 1. The van der Waals surface area contributed by atoms with Gasteiger partial charge in [-0.3, -0.25) is 4.79 Å². The molecule has 1 N–H and O–H groups in total. The SMILES string of the molecule is COC(=O)[C@@]1(C)CCC[C@]2(C)[C@@H]3C[C@H](c4ccoc4)O[C@]3(CO)CC[C@@H]21. The van der Waals surface area contributed by atoms with Gasteiger partial charge in [0.2, 0.25) is 0 Å². The molecule has 0 amide bonds. The molecule has 0 aromatic carbocycles. The first-order valence-corrected chi connectivity index (χ1v) is 9.79. The van der Waals surface area contributed by atoms with E-state index in [1.54, 1.807) is 12.5 Å². The number of fused-ring (bicyclic) bond motifs is 3. The van der Waals surface area contributed by atoms with Crippen molar-refractivity contribution < 1.29 is 23.8 Å². The minimum absolute atomic E-state index is 0.0310. The van der Waals surface area contributed by atoms with Crippen LogP contribution in [0.15, 0.2) is 23.0 Å². The van der Waals surface area contributed by atoms with E-state index in [9.17, 15) is 9.90 Å². The molecule has 4 rings (SSSR count). The van der Waals surface area contributed by atoms with Gasteiger partial charge in [-0.15, -0.1) is 0 Å². The van der Waals surface area contributed by atoms with Gasteiger partial charge >= 0.3 is 5.97 Å². The second kappa shape index (κ2) is 6.10. The normalized spacial score (nSPS) is 45.0. The van der Waals surface area contributed by atoms with E-state index in [4.69, 9.17) is 13.9 Å². The van der Waals surface area contributed by atoms with E-state index < -0.39 is 11.0 Å². The van der Waals surface area contributed by atoms with E-state index in [1.807, 2.05) is 6.07 Å². The highest BCUT2D eigenvalue weighted by Gasteiger charge is 2.66. The average Bonchev–Trinajstić information content (AvgIpc) is 3.29. The van der Waals surface area contributed by atoms with Crippen LogP contribution in [0.5, 0.6) is 0 Å². The molecular weight excluding hydrogens is 332 g/mol. The number of hydrogen-bond acceptors (Lipinski definition) is 5. The number of carbonyl (C=O) groups is 1. The highest BCUT2D eigenvalue weighted by molar-refractivity contribution is 5.77. The summed E-state index contributed by atoms with van der Waals surface area (Å²) in [6.45, 7) is 4.42. The second-order valence-electron chi connectivity index (χ2n) is 9.03. The van der Waals surface area contributed by atoms with Crippen LogP contribution >= 0.6 is 0 Å². The van der Waals surface area contributed by atoms with Crippen molar-refractivity contribution in [3.05, 3.63) is 24.2 Å². The number of rotatable bonds is 3. The lowest BCUT2D eigenvalue weighted by Gasteiger charge is -2.60. The molecule has 0 unspecified atom stereocenters. The molecule has 0 bridgehead atoms. The molecular formula is C21H30O5. The quantitative estimate of drug-likeness (QED) is 0.827. The van der Waals surface area contributed by atoms with Crippen LogP contribution in [0.1, 0.15) is 64.0 Å². The number of ether oxygens (including phenoxy) is 2. The molecule has 1 saturated heterocycles. The largest absolute Gasteiger partial charge is 0.472 e. The molecule has 144 valence electrons. The highest BCUT2D eigenvalue weighted by Crippen LogP contribution is 2.67. The molecule has 0 spiro atoms.